The van der Waals surface area contributed by atoms with Gasteiger partial charge in [-0.1, -0.05) is 50.8 Å². The minimum atomic E-state index is -1.30. The molecular weight excluding hydrogens is 576 g/mol. The van der Waals surface area contributed by atoms with E-state index in [1.807, 2.05) is 24.5 Å². The van der Waals surface area contributed by atoms with Crippen LogP contribution in [-0.2, 0) is 23.8 Å². The maximum Gasteiger partial charge on any atom is 0.338 e. The van der Waals surface area contributed by atoms with Crippen molar-refractivity contribution in [3.63, 3.8) is 0 Å². The average Bonchev–Trinajstić information content (AvgIpc) is 3.53. The third kappa shape index (κ3) is 4.53. The fourth-order valence-corrected chi connectivity index (χ4v) is 10.7. The Kier molecular flexibility index (Phi) is 7.75. The first kappa shape index (κ1) is 30.4. The van der Waals surface area contributed by atoms with Gasteiger partial charge in [0.05, 0.1) is 17.8 Å². The van der Waals surface area contributed by atoms with E-state index in [4.69, 9.17) is 14.2 Å². The Morgan fingerprint density at radius 3 is 2.70 bits per heavy atom. The van der Waals surface area contributed by atoms with Gasteiger partial charge in [0.25, 0.3) is 0 Å². The summed E-state index contributed by atoms with van der Waals surface area (Å²) in [5.74, 6) is -0.414. The first-order valence-corrected chi connectivity index (χ1v) is 17.6. The van der Waals surface area contributed by atoms with Gasteiger partial charge in [-0.15, -0.1) is 11.8 Å². The molecule has 0 bridgehead atoms. The molecule has 1 saturated heterocycles. The Bertz CT molecular complexity index is 1410. The molecule has 4 saturated carbocycles. The number of ketones is 2. The standard InChI is InChI=1S/C36H44O7S/c1-34-15-14-24(37)17-23(34)12-13-26-27-18-30-36(35(27,2)19-28(38)31(26)34,43-33(42-30)21-8-5-4-6-9-21)29(39)20-41-32(40)22-10-7-11-25(16-22)44-3/h7,10-11,14-17,21,26-28,30-31,33,38H,4-6,8-9,12-13,18-20H2,1-3H3/t26?,27?,28-,30+,31?,33+,34-,35-,36+/m0/s1. The second kappa shape index (κ2) is 11.2. The summed E-state index contributed by atoms with van der Waals surface area (Å²) in [5, 5.41) is 12.0. The molecule has 8 heteroatoms. The number of esters is 1. The zero-order valence-corrected chi connectivity index (χ0v) is 26.8. The highest BCUT2D eigenvalue weighted by Crippen LogP contribution is 2.70. The van der Waals surface area contributed by atoms with Crippen molar-refractivity contribution >= 4 is 29.3 Å². The number of aliphatic hydroxyl groups is 1. The maximum absolute atomic E-state index is 14.6. The van der Waals surface area contributed by atoms with Gasteiger partial charge in [-0.3, -0.25) is 9.59 Å². The third-order valence-corrected chi connectivity index (χ3v) is 13.1. The minimum Gasteiger partial charge on any atom is -0.454 e. The number of benzene rings is 1. The van der Waals surface area contributed by atoms with Gasteiger partial charge in [0.2, 0.25) is 5.78 Å². The van der Waals surface area contributed by atoms with Crippen LogP contribution < -0.4 is 0 Å². The number of fused-ring (bicyclic) bond motifs is 7. The van der Waals surface area contributed by atoms with Crippen molar-refractivity contribution in [2.45, 2.75) is 101 Å². The van der Waals surface area contributed by atoms with Gasteiger partial charge < -0.3 is 19.3 Å². The number of ether oxygens (including phenoxy) is 3. The van der Waals surface area contributed by atoms with E-state index in [1.165, 1.54) is 18.2 Å². The molecule has 0 amide bonds. The predicted molar refractivity (Wildman–Crippen MR) is 166 cm³/mol. The van der Waals surface area contributed by atoms with Crippen LogP contribution >= 0.6 is 11.8 Å². The molecule has 5 aliphatic carbocycles. The summed E-state index contributed by atoms with van der Waals surface area (Å²) >= 11 is 1.54. The van der Waals surface area contributed by atoms with Crippen molar-refractivity contribution < 1.29 is 33.7 Å². The summed E-state index contributed by atoms with van der Waals surface area (Å²) in [5.41, 5.74) is -0.898. The number of hydrogen-bond donors (Lipinski definition) is 1. The van der Waals surface area contributed by atoms with E-state index in [1.54, 1.807) is 24.3 Å². The Morgan fingerprint density at radius 2 is 1.93 bits per heavy atom. The molecule has 9 atom stereocenters. The summed E-state index contributed by atoms with van der Waals surface area (Å²) in [4.78, 5) is 40.9. The van der Waals surface area contributed by atoms with Gasteiger partial charge in [-0.25, -0.2) is 4.79 Å². The summed E-state index contributed by atoms with van der Waals surface area (Å²) in [6.07, 6.45) is 13.9. The number of rotatable bonds is 6. The number of carbonyl (C=O) groups excluding carboxylic acids is 3. The normalized spacial score (nSPS) is 41.3. The van der Waals surface area contributed by atoms with Crippen molar-refractivity contribution in [3.05, 3.63) is 53.6 Å². The van der Waals surface area contributed by atoms with Crippen molar-refractivity contribution in [2.24, 2.45) is 34.5 Å². The molecule has 1 aliphatic heterocycles. The number of hydrogen-bond acceptors (Lipinski definition) is 8. The van der Waals surface area contributed by atoms with E-state index in [2.05, 4.69) is 13.8 Å². The molecular formula is C36H44O7S. The summed E-state index contributed by atoms with van der Waals surface area (Å²) in [6, 6.07) is 7.22. The Morgan fingerprint density at radius 1 is 1.14 bits per heavy atom. The van der Waals surface area contributed by atoms with Gasteiger partial charge in [0, 0.05) is 27.6 Å². The summed E-state index contributed by atoms with van der Waals surface area (Å²) in [7, 11) is 0. The quantitative estimate of drug-likeness (QED) is 0.302. The molecule has 0 radical (unpaired) electrons. The molecule has 3 unspecified atom stereocenters. The van der Waals surface area contributed by atoms with Crippen molar-refractivity contribution in [1.82, 2.24) is 0 Å². The van der Waals surface area contributed by atoms with Gasteiger partial charge in [-0.05, 0) is 87.0 Å². The third-order valence-electron chi connectivity index (χ3n) is 12.3. The zero-order chi connectivity index (χ0) is 30.9. The van der Waals surface area contributed by atoms with E-state index < -0.39 is 47.5 Å². The first-order valence-electron chi connectivity index (χ1n) is 16.4. The van der Waals surface area contributed by atoms with Crippen LogP contribution in [-0.4, -0.2) is 59.6 Å². The number of carbonyl (C=O) groups is 3. The molecule has 1 aromatic rings. The second-order valence-electron chi connectivity index (χ2n) is 14.4. The Balaban J connectivity index is 1.20. The van der Waals surface area contributed by atoms with Crippen LogP contribution in [0.2, 0.25) is 0 Å². The lowest BCUT2D eigenvalue weighted by Crippen LogP contribution is -2.63. The maximum atomic E-state index is 14.6. The molecule has 0 aromatic heterocycles. The largest absolute Gasteiger partial charge is 0.454 e. The fourth-order valence-electron chi connectivity index (χ4n) is 10.3. The van der Waals surface area contributed by atoms with E-state index in [0.29, 0.717) is 18.4 Å². The average molecular weight is 621 g/mol. The number of aliphatic hydroxyl groups excluding tert-OH is 1. The van der Waals surface area contributed by atoms with Crippen LogP contribution in [0.5, 0.6) is 0 Å². The Labute approximate surface area is 264 Å². The van der Waals surface area contributed by atoms with Gasteiger partial charge in [-0.2, -0.15) is 0 Å². The topological polar surface area (TPSA) is 99.1 Å². The first-order chi connectivity index (χ1) is 21.1. The predicted octanol–water partition coefficient (Wildman–Crippen LogP) is 6.08. The summed E-state index contributed by atoms with van der Waals surface area (Å²) in [6.45, 7) is 3.86. The van der Waals surface area contributed by atoms with Crippen LogP contribution in [0.4, 0.5) is 0 Å². The van der Waals surface area contributed by atoms with Crippen LogP contribution in [0.1, 0.15) is 82.0 Å². The molecule has 1 N–H and O–H groups in total. The highest BCUT2D eigenvalue weighted by Gasteiger charge is 2.76. The molecule has 0 spiro atoms. The van der Waals surface area contributed by atoms with E-state index in [9.17, 15) is 19.5 Å². The molecule has 6 aliphatic rings. The summed E-state index contributed by atoms with van der Waals surface area (Å²) < 4.78 is 19.4. The fraction of sp³-hybridized carbons (Fsp3) is 0.639. The van der Waals surface area contributed by atoms with Gasteiger partial charge in [0.15, 0.2) is 24.3 Å². The second-order valence-corrected chi connectivity index (χ2v) is 15.3. The molecule has 44 heavy (non-hydrogen) atoms. The van der Waals surface area contributed by atoms with E-state index >= 15 is 0 Å². The molecule has 1 aromatic carbocycles. The number of allylic oxidation sites excluding steroid dienone is 4. The van der Waals surface area contributed by atoms with Crippen LogP contribution in [0, 0.1) is 34.5 Å². The molecule has 7 nitrogen and oxygen atoms in total. The van der Waals surface area contributed by atoms with Gasteiger partial charge in [0.1, 0.15) is 0 Å². The zero-order valence-electron chi connectivity index (χ0n) is 26.0. The SMILES string of the molecule is CSc1cccc(C(=O)OCC(=O)[C@@]23O[C@H](C4CCCCC4)O[C@@H]2CC2C4CCC5=CC(=O)C=C[C@]5(C)C4[C@@H](O)C[C@@]23C)c1. The highest BCUT2D eigenvalue weighted by atomic mass is 32.2. The van der Waals surface area contributed by atoms with E-state index in [-0.39, 0.29) is 35.2 Å². The Hall–Kier alpha value is -2.26. The molecule has 5 fully saturated rings. The van der Waals surface area contributed by atoms with Crippen LogP contribution in [0.3, 0.4) is 0 Å². The van der Waals surface area contributed by atoms with Crippen LogP contribution in [0.25, 0.3) is 0 Å². The smallest absolute Gasteiger partial charge is 0.338 e. The number of Topliss-reactive ketones (excluding diaryl/α,β-unsaturated/α-hetero) is 1. The van der Waals surface area contributed by atoms with Crippen molar-refractivity contribution in [1.29, 1.82) is 0 Å². The highest BCUT2D eigenvalue weighted by molar-refractivity contribution is 7.98. The molecule has 1 heterocycles. The monoisotopic (exact) mass is 620 g/mol. The minimum absolute atomic E-state index is 0.0105. The van der Waals surface area contributed by atoms with Crippen molar-refractivity contribution in [3.8, 4) is 0 Å². The number of thioether (sulfide) groups is 1. The molecule has 236 valence electrons. The van der Waals surface area contributed by atoms with Crippen LogP contribution in [0.15, 0.2) is 53.0 Å². The lowest BCUT2D eigenvalue weighted by Gasteiger charge is -2.59. The molecule has 7 rings (SSSR count). The van der Waals surface area contributed by atoms with E-state index in [0.717, 1.165) is 49.0 Å². The lowest BCUT2D eigenvalue weighted by molar-refractivity contribution is -0.209. The lowest BCUT2D eigenvalue weighted by atomic mass is 9.46. The van der Waals surface area contributed by atoms with Crippen molar-refractivity contribution in [2.75, 3.05) is 12.9 Å². The van der Waals surface area contributed by atoms with Gasteiger partial charge >= 0.3 is 5.97 Å².